The molecule has 3 nitrogen and oxygen atoms in total. The van der Waals surface area contributed by atoms with Gasteiger partial charge in [-0.05, 0) is 43.3 Å². The second-order valence-corrected chi connectivity index (χ2v) is 5.32. The Morgan fingerprint density at radius 2 is 2.00 bits per heavy atom. The molecule has 0 amide bonds. The molecule has 2 N–H and O–H groups in total. The van der Waals surface area contributed by atoms with Crippen LogP contribution in [0, 0.1) is 0 Å². The lowest BCUT2D eigenvalue weighted by molar-refractivity contribution is 0.337. The van der Waals surface area contributed by atoms with Crippen molar-refractivity contribution >= 4 is 17.4 Å². The third-order valence-corrected chi connectivity index (χ3v) is 3.86. The molecule has 0 saturated carbocycles. The average molecular weight is 289 g/mol. The van der Waals surface area contributed by atoms with E-state index in [0.717, 1.165) is 33.4 Å². The highest BCUT2D eigenvalue weighted by molar-refractivity contribution is 7.98. The SMILES string of the molecule is CCOc1ccc(N)cc1CSc1cccc(OC)c1. The van der Waals surface area contributed by atoms with Crippen molar-refractivity contribution in [2.24, 2.45) is 0 Å². The number of hydrogen-bond acceptors (Lipinski definition) is 4. The Labute approximate surface area is 124 Å². The molecule has 0 aromatic heterocycles. The van der Waals surface area contributed by atoms with Crippen LogP contribution in [0.5, 0.6) is 11.5 Å². The Kier molecular flexibility index (Phi) is 5.18. The number of anilines is 1. The Morgan fingerprint density at radius 1 is 1.15 bits per heavy atom. The van der Waals surface area contributed by atoms with E-state index >= 15 is 0 Å². The van der Waals surface area contributed by atoms with Crippen molar-refractivity contribution < 1.29 is 9.47 Å². The van der Waals surface area contributed by atoms with Gasteiger partial charge in [-0.15, -0.1) is 11.8 Å². The van der Waals surface area contributed by atoms with Gasteiger partial charge in [-0.2, -0.15) is 0 Å². The van der Waals surface area contributed by atoms with Gasteiger partial charge in [-0.25, -0.2) is 0 Å². The Balaban J connectivity index is 2.11. The minimum atomic E-state index is 0.654. The predicted molar refractivity (Wildman–Crippen MR) is 84.6 cm³/mol. The highest BCUT2D eigenvalue weighted by atomic mass is 32.2. The average Bonchev–Trinajstić information content (AvgIpc) is 2.48. The summed E-state index contributed by atoms with van der Waals surface area (Å²) in [5.74, 6) is 2.58. The molecule has 0 aliphatic rings. The summed E-state index contributed by atoms with van der Waals surface area (Å²) >= 11 is 1.74. The van der Waals surface area contributed by atoms with Gasteiger partial charge in [0.2, 0.25) is 0 Å². The summed E-state index contributed by atoms with van der Waals surface area (Å²) in [6.45, 7) is 2.64. The second kappa shape index (κ2) is 7.10. The van der Waals surface area contributed by atoms with Gasteiger partial charge < -0.3 is 15.2 Å². The molecule has 0 radical (unpaired) electrons. The van der Waals surface area contributed by atoms with E-state index in [9.17, 15) is 0 Å². The monoisotopic (exact) mass is 289 g/mol. The molecule has 0 bridgehead atoms. The van der Waals surface area contributed by atoms with Gasteiger partial charge in [0.1, 0.15) is 11.5 Å². The van der Waals surface area contributed by atoms with Crippen LogP contribution in [0.4, 0.5) is 5.69 Å². The number of hydrogen-bond donors (Lipinski definition) is 1. The van der Waals surface area contributed by atoms with Gasteiger partial charge in [0.25, 0.3) is 0 Å². The third kappa shape index (κ3) is 3.84. The maximum Gasteiger partial charge on any atom is 0.123 e. The van der Waals surface area contributed by atoms with Crippen molar-refractivity contribution in [3.63, 3.8) is 0 Å². The van der Waals surface area contributed by atoms with E-state index in [1.54, 1.807) is 18.9 Å². The van der Waals surface area contributed by atoms with E-state index in [-0.39, 0.29) is 0 Å². The summed E-state index contributed by atoms with van der Waals surface area (Å²) in [4.78, 5) is 1.16. The minimum Gasteiger partial charge on any atom is -0.497 e. The Morgan fingerprint density at radius 3 is 2.75 bits per heavy atom. The zero-order valence-electron chi connectivity index (χ0n) is 11.8. The summed E-state index contributed by atoms with van der Waals surface area (Å²) in [5.41, 5.74) is 7.72. The predicted octanol–water partition coefficient (Wildman–Crippen LogP) is 3.97. The molecule has 0 heterocycles. The number of benzene rings is 2. The first-order valence-electron chi connectivity index (χ1n) is 6.51. The third-order valence-electron chi connectivity index (χ3n) is 2.82. The van der Waals surface area contributed by atoms with Crippen molar-refractivity contribution in [2.45, 2.75) is 17.6 Å². The van der Waals surface area contributed by atoms with Crippen LogP contribution in [0.2, 0.25) is 0 Å². The maximum atomic E-state index is 5.85. The molecule has 2 aromatic rings. The summed E-state index contributed by atoms with van der Waals surface area (Å²) in [6.07, 6.45) is 0. The highest BCUT2D eigenvalue weighted by Crippen LogP contribution is 2.31. The highest BCUT2D eigenvalue weighted by Gasteiger charge is 2.05. The van der Waals surface area contributed by atoms with Crippen LogP contribution in [0.25, 0.3) is 0 Å². The van der Waals surface area contributed by atoms with Crippen molar-refractivity contribution in [1.29, 1.82) is 0 Å². The van der Waals surface area contributed by atoms with E-state index in [4.69, 9.17) is 15.2 Å². The Bertz CT molecular complexity index is 572. The lowest BCUT2D eigenvalue weighted by Gasteiger charge is -2.11. The van der Waals surface area contributed by atoms with Crippen LogP contribution in [-0.2, 0) is 5.75 Å². The van der Waals surface area contributed by atoms with E-state index in [1.165, 1.54) is 0 Å². The van der Waals surface area contributed by atoms with Crippen LogP contribution in [0.1, 0.15) is 12.5 Å². The zero-order valence-corrected chi connectivity index (χ0v) is 12.6. The first-order chi connectivity index (χ1) is 9.72. The topological polar surface area (TPSA) is 44.5 Å². The summed E-state index contributed by atoms with van der Waals surface area (Å²) in [5, 5.41) is 0. The number of ether oxygens (including phenoxy) is 2. The van der Waals surface area contributed by atoms with E-state index in [2.05, 4.69) is 6.07 Å². The van der Waals surface area contributed by atoms with Gasteiger partial charge in [-0.3, -0.25) is 0 Å². The molecule has 0 fully saturated rings. The molecular weight excluding hydrogens is 270 g/mol. The van der Waals surface area contributed by atoms with Crippen LogP contribution in [0.3, 0.4) is 0 Å². The zero-order chi connectivity index (χ0) is 14.4. The molecule has 2 rings (SSSR count). The molecule has 0 unspecified atom stereocenters. The van der Waals surface area contributed by atoms with E-state index in [0.29, 0.717) is 6.61 Å². The minimum absolute atomic E-state index is 0.654. The normalized spacial score (nSPS) is 10.3. The van der Waals surface area contributed by atoms with E-state index < -0.39 is 0 Å². The first-order valence-corrected chi connectivity index (χ1v) is 7.49. The molecule has 20 heavy (non-hydrogen) atoms. The molecule has 0 saturated heterocycles. The lowest BCUT2D eigenvalue weighted by atomic mass is 10.2. The van der Waals surface area contributed by atoms with Gasteiger partial charge >= 0.3 is 0 Å². The van der Waals surface area contributed by atoms with Crippen molar-refractivity contribution in [3.05, 3.63) is 48.0 Å². The van der Waals surface area contributed by atoms with Crippen molar-refractivity contribution in [2.75, 3.05) is 19.5 Å². The second-order valence-electron chi connectivity index (χ2n) is 4.27. The Hall–Kier alpha value is -1.81. The van der Waals surface area contributed by atoms with Crippen molar-refractivity contribution in [3.8, 4) is 11.5 Å². The fourth-order valence-corrected chi connectivity index (χ4v) is 2.78. The van der Waals surface area contributed by atoms with Crippen LogP contribution < -0.4 is 15.2 Å². The summed E-state index contributed by atoms with van der Waals surface area (Å²) in [7, 11) is 1.68. The fourth-order valence-electron chi connectivity index (χ4n) is 1.86. The van der Waals surface area contributed by atoms with Crippen LogP contribution in [0.15, 0.2) is 47.4 Å². The number of nitrogen functional groups attached to an aromatic ring is 1. The van der Waals surface area contributed by atoms with Crippen molar-refractivity contribution in [1.82, 2.24) is 0 Å². The van der Waals surface area contributed by atoms with Gasteiger partial charge in [0.05, 0.1) is 13.7 Å². The molecule has 2 aromatic carbocycles. The smallest absolute Gasteiger partial charge is 0.123 e. The lowest BCUT2D eigenvalue weighted by Crippen LogP contribution is -1.97. The molecule has 0 aliphatic carbocycles. The van der Waals surface area contributed by atoms with Crippen LogP contribution in [-0.4, -0.2) is 13.7 Å². The number of rotatable bonds is 6. The summed E-state index contributed by atoms with van der Waals surface area (Å²) in [6, 6.07) is 13.8. The van der Waals surface area contributed by atoms with Gasteiger partial charge in [0.15, 0.2) is 0 Å². The first kappa shape index (κ1) is 14.6. The van der Waals surface area contributed by atoms with Gasteiger partial charge in [0, 0.05) is 21.9 Å². The molecule has 0 spiro atoms. The van der Waals surface area contributed by atoms with E-state index in [1.807, 2.05) is 43.3 Å². The maximum absolute atomic E-state index is 5.85. The molecular formula is C16H19NO2S. The molecule has 0 aliphatic heterocycles. The number of thioether (sulfide) groups is 1. The fraction of sp³-hybridized carbons (Fsp3) is 0.250. The van der Waals surface area contributed by atoms with Gasteiger partial charge in [-0.1, -0.05) is 6.07 Å². The number of methoxy groups -OCH3 is 1. The molecule has 4 heteroatoms. The number of nitrogens with two attached hydrogens (primary N) is 1. The quantitative estimate of drug-likeness (QED) is 0.645. The molecule has 0 atom stereocenters. The van der Waals surface area contributed by atoms with Crippen LogP contribution >= 0.6 is 11.8 Å². The summed E-state index contributed by atoms with van der Waals surface area (Å²) < 4.78 is 10.9. The standard InChI is InChI=1S/C16H19NO2S/c1-3-19-16-8-7-13(17)9-12(16)11-20-15-6-4-5-14(10-15)18-2/h4-10H,3,11,17H2,1-2H3. The molecule has 106 valence electrons. The largest absolute Gasteiger partial charge is 0.497 e.